The van der Waals surface area contributed by atoms with Crippen molar-refractivity contribution in [3.63, 3.8) is 0 Å². The first-order valence-electron chi connectivity index (χ1n) is 7.23. The van der Waals surface area contributed by atoms with E-state index in [9.17, 15) is 4.79 Å². The molecule has 0 amide bonds. The highest BCUT2D eigenvalue weighted by atomic mass is 16.4. The molecule has 106 valence electrons. The monoisotopic (exact) mass is 273 g/mol. The maximum Gasteiger partial charge on any atom is 0.335 e. The standard InChI is InChI=1S/C15H19N3O2/c1-10-3-2-4-12(7-5-10)18-14-8-6-11(15(19)20)9-13(14)16-17-18/h6,8-10,12H,2-5,7H2,1H3,(H,19,20). The van der Waals surface area contributed by atoms with Gasteiger partial charge in [0.2, 0.25) is 0 Å². The van der Waals surface area contributed by atoms with E-state index >= 15 is 0 Å². The second kappa shape index (κ2) is 5.23. The van der Waals surface area contributed by atoms with Gasteiger partial charge in [0.15, 0.2) is 0 Å². The number of carboxylic acid groups (broad SMARTS) is 1. The van der Waals surface area contributed by atoms with Gasteiger partial charge in [-0.3, -0.25) is 0 Å². The van der Waals surface area contributed by atoms with Crippen molar-refractivity contribution >= 4 is 17.0 Å². The molecule has 1 saturated carbocycles. The SMILES string of the molecule is CC1CCCC(n2nnc3cc(C(=O)O)ccc32)CC1. The van der Waals surface area contributed by atoms with Crippen molar-refractivity contribution in [1.82, 2.24) is 15.0 Å². The molecule has 0 aliphatic heterocycles. The van der Waals surface area contributed by atoms with Crippen molar-refractivity contribution in [3.8, 4) is 0 Å². The second-order valence-electron chi connectivity index (χ2n) is 5.81. The zero-order valence-electron chi connectivity index (χ0n) is 11.6. The fraction of sp³-hybridized carbons (Fsp3) is 0.533. The van der Waals surface area contributed by atoms with E-state index in [4.69, 9.17) is 5.11 Å². The number of carboxylic acids is 1. The van der Waals surface area contributed by atoms with E-state index in [0.717, 1.165) is 24.3 Å². The lowest BCUT2D eigenvalue weighted by Crippen LogP contribution is -2.10. The predicted octanol–water partition coefficient (Wildman–Crippen LogP) is 3.27. The maximum atomic E-state index is 11.0. The van der Waals surface area contributed by atoms with Crippen LogP contribution in [0, 0.1) is 5.92 Å². The Balaban J connectivity index is 1.94. The summed E-state index contributed by atoms with van der Waals surface area (Å²) in [6.07, 6.45) is 5.98. The van der Waals surface area contributed by atoms with Crippen molar-refractivity contribution in [2.75, 3.05) is 0 Å². The van der Waals surface area contributed by atoms with Crippen molar-refractivity contribution < 1.29 is 9.90 Å². The van der Waals surface area contributed by atoms with Gasteiger partial charge in [0.1, 0.15) is 5.52 Å². The molecule has 1 aromatic carbocycles. The maximum absolute atomic E-state index is 11.0. The first kappa shape index (κ1) is 13.1. The Bertz CT molecular complexity index is 635. The molecule has 2 unspecified atom stereocenters. The van der Waals surface area contributed by atoms with Crippen molar-refractivity contribution in [2.24, 2.45) is 5.92 Å². The molecular formula is C15H19N3O2. The van der Waals surface area contributed by atoms with Gasteiger partial charge in [0, 0.05) is 0 Å². The van der Waals surface area contributed by atoms with Gasteiger partial charge in [-0.1, -0.05) is 25.0 Å². The van der Waals surface area contributed by atoms with Gasteiger partial charge in [-0.05, 0) is 43.4 Å². The Labute approximate surface area is 117 Å². The fourth-order valence-corrected chi connectivity index (χ4v) is 3.06. The normalized spacial score (nSPS) is 23.6. The second-order valence-corrected chi connectivity index (χ2v) is 5.81. The number of aromatic carboxylic acids is 1. The van der Waals surface area contributed by atoms with Crippen molar-refractivity contribution in [1.29, 1.82) is 0 Å². The van der Waals surface area contributed by atoms with Crippen LogP contribution >= 0.6 is 0 Å². The zero-order chi connectivity index (χ0) is 14.1. The average Bonchev–Trinajstić information content (AvgIpc) is 2.73. The van der Waals surface area contributed by atoms with E-state index in [0.29, 0.717) is 11.6 Å². The molecule has 1 heterocycles. The Morgan fingerprint density at radius 3 is 2.95 bits per heavy atom. The van der Waals surface area contributed by atoms with Crippen LogP contribution in [0.3, 0.4) is 0 Å². The van der Waals surface area contributed by atoms with Crippen LogP contribution in [0.1, 0.15) is 55.4 Å². The first-order chi connectivity index (χ1) is 9.65. The Kier molecular flexibility index (Phi) is 3.42. The molecule has 1 aromatic heterocycles. The number of benzene rings is 1. The predicted molar refractivity (Wildman–Crippen MR) is 75.8 cm³/mol. The lowest BCUT2D eigenvalue weighted by molar-refractivity contribution is 0.0697. The molecule has 1 N–H and O–H groups in total. The lowest BCUT2D eigenvalue weighted by Gasteiger charge is -2.15. The highest BCUT2D eigenvalue weighted by Crippen LogP contribution is 2.31. The van der Waals surface area contributed by atoms with Gasteiger partial charge in [0.25, 0.3) is 0 Å². The van der Waals surface area contributed by atoms with Gasteiger partial charge in [0.05, 0.1) is 17.1 Å². The van der Waals surface area contributed by atoms with Crippen LogP contribution in [0.25, 0.3) is 11.0 Å². The number of aromatic nitrogens is 3. The molecular weight excluding hydrogens is 254 g/mol. The molecule has 0 saturated heterocycles. The first-order valence-corrected chi connectivity index (χ1v) is 7.23. The number of hydrogen-bond donors (Lipinski definition) is 1. The third kappa shape index (κ3) is 2.40. The largest absolute Gasteiger partial charge is 0.478 e. The molecule has 0 bridgehead atoms. The highest BCUT2D eigenvalue weighted by Gasteiger charge is 2.20. The molecule has 1 fully saturated rings. The van der Waals surface area contributed by atoms with Gasteiger partial charge < -0.3 is 5.11 Å². The van der Waals surface area contributed by atoms with Crippen LogP contribution in [0.5, 0.6) is 0 Å². The summed E-state index contributed by atoms with van der Waals surface area (Å²) in [5, 5.41) is 17.4. The van der Waals surface area contributed by atoms with E-state index < -0.39 is 5.97 Å². The molecule has 0 spiro atoms. The molecule has 1 aliphatic rings. The topological polar surface area (TPSA) is 68.0 Å². The number of hydrogen-bond acceptors (Lipinski definition) is 3. The summed E-state index contributed by atoms with van der Waals surface area (Å²) in [7, 11) is 0. The summed E-state index contributed by atoms with van der Waals surface area (Å²) in [5.74, 6) is -0.141. The smallest absolute Gasteiger partial charge is 0.335 e. The molecule has 1 aliphatic carbocycles. The summed E-state index contributed by atoms with van der Waals surface area (Å²) in [4.78, 5) is 11.0. The van der Waals surface area contributed by atoms with Gasteiger partial charge in [-0.25, -0.2) is 9.48 Å². The minimum Gasteiger partial charge on any atom is -0.478 e. The van der Waals surface area contributed by atoms with Crippen LogP contribution < -0.4 is 0 Å². The van der Waals surface area contributed by atoms with Crippen LogP contribution in [0.4, 0.5) is 0 Å². The number of carbonyl (C=O) groups is 1. The van der Waals surface area contributed by atoms with Crippen LogP contribution in [0.15, 0.2) is 18.2 Å². The van der Waals surface area contributed by atoms with Crippen LogP contribution in [-0.2, 0) is 0 Å². The molecule has 3 rings (SSSR count). The summed E-state index contributed by atoms with van der Waals surface area (Å²) >= 11 is 0. The Hall–Kier alpha value is -1.91. The molecule has 2 aromatic rings. The van der Waals surface area contributed by atoms with Gasteiger partial charge in [-0.15, -0.1) is 5.10 Å². The summed E-state index contributed by atoms with van der Waals surface area (Å²) in [5.41, 5.74) is 1.87. The van der Waals surface area contributed by atoms with Crippen LogP contribution in [-0.4, -0.2) is 26.1 Å². The summed E-state index contributed by atoms with van der Waals surface area (Å²) in [6.45, 7) is 2.31. The van der Waals surface area contributed by atoms with Crippen molar-refractivity contribution in [3.05, 3.63) is 23.8 Å². The van der Waals surface area contributed by atoms with Gasteiger partial charge in [-0.2, -0.15) is 0 Å². The van der Waals surface area contributed by atoms with Gasteiger partial charge >= 0.3 is 5.97 Å². The van der Waals surface area contributed by atoms with E-state index in [-0.39, 0.29) is 5.56 Å². The van der Waals surface area contributed by atoms with Crippen molar-refractivity contribution in [2.45, 2.75) is 45.1 Å². The Morgan fingerprint density at radius 2 is 2.15 bits per heavy atom. The Morgan fingerprint density at radius 1 is 1.30 bits per heavy atom. The minimum absolute atomic E-state index is 0.263. The summed E-state index contributed by atoms with van der Waals surface area (Å²) in [6, 6.07) is 5.44. The molecule has 0 radical (unpaired) electrons. The molecule has 20 heavy (non-hydrogen) atoms. The zero-order valence-corrected chi connectivity index (χ0v) is 11.6. The highest BCUT2D eigenvalue weighted by molar-refractivity contribution is 5.92. The van der Waals surface area contributed by atoms with Crippen LogP contribution in [0.2, 0.25) is 0 Å². The van der Waals surface area contributed by atoms with E-state index in [1.165, 1.54) is 19.3 Å². The van der Waals surface area contributed by atoms with E-state index in [1.807, 2.05) is 10.7 Å². The quantitative estimate of drug-likeness (QED) is 0.853. The third-order valence-corrected chi connectivity index (χ3v) is 4.29. The summed E-state index contributed by atoms with van der Waals surface area (Å²) < 4.78 is 1.99. The van der Waals surface area contributed by atoms with E-state index in [2.05, 4.69) is 17.2 Å². The lowest BCUT2D eigenvalue weighted by atomic mass is 10.0. The number of rotatable bonds is 2. The number of fused-ring (bicyclic) bond motifs is 1. The fourth-order valence-electron chi connectivity index (χ4n) is 3.06. The number of nitrogens with zero attached hydrogens (tertiary/aromatic N) is 3. The molecule has 2 atom stereocenters. The minimum atomic E-state index is -0.926. The molecule has 5 heteroatoms. The third-order valence-electron chi connectivity index (χ3n) is 4.29. The average molecular weight is 273 g/mol. The van der Waals surface area contributed by atoms with E-state index in [1.54, 1.807) is 12.1 Å². The molecule has 5 nitrogen and oxygen atoms in total.